The Morgan fingerprint density at radius 2 is 1.83 bits per heavy atom. The highest BCUT2D eigenvalue weighted by molar-refractivity contribution is 8.01. The number of pyridine rings is 2. The van der Waals surface area contributed by atoms with E-state index in [1.165, 1.54) is 23.1 Å². The van der Waals surface area contributed by atoms with Crippen LogP contribution >= 0.6 is 23.1 Å². The zero-order valence-corrected chi connectivity index (χ0v) is 17.1. The summed E-state index contributed by atoms with van der Waals surface area (Å²) in [5, 5.41) is 6.78. The van der Waals surface area contributed by atoms with Crippen molar-refractivity contribution >= 4 is 45.7 Å². The summed E-state index contributed by atoms with van der Waals surface area (Å²) in [7, 11) is 0. The first-order valence-corrected chi connectivity index (χ1v) is 10.9. The van der Waals surface area contributed by atoms with Crippen molar-refractivity contribution in [1.82, 2.24) is 15.0 Å². The number of amides is 2. The van der Waals surface area contributed by atoms with Crippen LogP contribution in [0.2, 0.25) is 0 Å². The molecule has 1 aliphatic carbocycles. The Morgan fingerprint density at radius 1 is 1.00 bits per heavy atom. The molecule has 148 valence electrons. The lowest BCUT2D eigenvalue weighted by molar-refractivity contribution is 0.0918. The van der Waals surface area contributed by atoms with Crippen LogP contribution in [0.5, 0.6) is 0 Å². The van der Waals surface area contributed by atoms with Crippen LogP contribution in [0.3, 0.4) is 0 Å². The third-order valence-electron chi connectivity index (χ3n) is 4.56. The Labute approximate surface area is 176 Å². The summed E-state index contributed by atoms with van der Waals surface area (Å²) < 4.78 is 0.914. The van der Waals surface area contributed by atoms with Gasteiger partial charge < -0.3 is 5.32 Å². The fourth-order valence-electron chi connectivity index (χ4n) is 3.21. The molecule has 4 rings (SSSR count). The summed E-state index contributed by atoms with van der Waals surface area (Å²) in [6.07, 6.45) is 8.90. The molecule has 0 unspecified atom stereocenters. The minimum absolute atomic E-state index is 0.00125. The van der Waals surface area contributed by atoms with Crippen molar-refractivity contribution in [2.75, 3.05) is 10.6 Å². The number of ketones is 1. The number of anilines is 2. The zero-order valence-electron chi connectivity index (χ0n) is 15.5. The van der Waals surface area contributed by atoms with Gasteiger partial charge in [0.05, 0.1) is 16.1 Å². The molecular weight excluding hydrogens is 406 g/mol. The summed E-state index contributed by atoms with van der Waals surface area (Å²) in [6, 6.07) is 8.63. The van der Waals surface area contributed by atoms with Crippen LogP contribution in [-0.2, 0) is 0 Å². The third-order valence-corrected chi connectivity index (χ3v) is 6.53. The molecule has 0 aliphatic heterocycles. The molecule has 1 saturated carbocycles. The van der Waals surface area contributed by atoms with Gasteiger partial charge in [-0.3, -0.25) is 15.1 Å². The number of nitrogens with one attached hydrogen (secondary N) is 2. The number of hydrogen-bond acceptors (Lipinski definition) is 7. The van der Waals surface area contributed by atoms with E-state index in [2.05, 4.69) is 25.6 Å². The van der Waals surface area contributed by atoms with Gasteiger partial charge in [-0.1, -0.05) is 42.0 Å². The molecule has 0 bridgehead atoms. The van der Waals surface area contributed by atoms with Crippen LogP contribution in [0, 0.1) is 5.92 Å². The number of thiazole rings is 1. The average Bonchev–Trinajstić information content (AvgIpc) is 3.41. The number of hydrogen-bond donors (Lipinski definition) is 2. The summed E-state index contributed by atoms with van der Waals surface area (Å²) in [5.41, 5.74) is 0.738. The Kier molecular flexibility index (Phi) is 6.16. The van der Waals surface area contributed by atoms with E-state index in [-0.39, 0.29) is 11.7 Å². The van der Waals surface area contributed by atoms with E-state index in [1.54, 1.807) is 30.7 Å². The number of Topliss-reactive ketones (excluding diaryl/α,β-unsaturated/α-hetero) is 1. The standard InChI is InChI=1S/C20H19N5O2S2/c26-18(13-6-1-2-7-13)17-14(8-5-11-22-17)24-19(27)25-20-23-12-16(29-20)28-15-9-3-4-10-21-15/h3-5,8-13H,1-2,6-7H2,(H2,23,24,25,27). The van der Waals surface area contributed by atoms with Crippen molar-refractivity contribution in [3.8, 4) is 0 Å². The normalized spacial score (nSPS) is 13.9. The lowest BCUT2D eigenvalue weighted by Crippen LogP contribution is -2.22. The van der Waals surface area contributed by atoms with Gasteiger partial charge in [-0.25, -0.2) is 14.8 Å². The van der Waals surface area contributed by atoms with Gasteiger partial charge in [0.1, 0.15) is 10.7 Å². The molecule has 0 spiro atoms. The van der Waals surface area contributed by atoms with Crippen LogP contribution in [0.1, 0.15) is 36.2 Å². The van der Waals surface area contributed by atoms with Crippen molar-refractivity contribution in [3.05, 3.63) is 54.6 Å². The lowest BCUT2D eigenvalue weighted by Gasteiger charge is -2.12. The van der Waals surface area contributed by atoms with Crippen molar-refractivity contribution < 1.29 is 9.59 Å². The maximum atomic E-state index is 12.7. The molecule has 3 aromatic rings. The predicted molar refractivity (Wildman–Crippen MR) is 114 cm³/mol. The third kappa shape index (κ3) is 4.99. The first-order chi connectivity index (χ1) is 14.2. The topological polar surface area (TPSA) is 96.9 Å². The Hall–Kier alpha value is -2.78. The molecule has 2 N–H and O–H groups in total. The number of nitrogens with zero attached hydrogens (tertiary/aromatic N) is 3. The van der Waals surface area contributed by atoms with Gasteiger partial charge in [0, 0.05) is 18.3 Å². The number of carbonyl (C=O) groups is 2. The van der Waals surface area contributed by atoms with Crippen molar-refractivity contribution in [2.24, 2.45) is 5.92 Å². The average molecular weight is 426 g/mol. The molecule has 2 amide bonds. The summed E-state index contributed by atoms with van der Waals surface area (Å²) in [6.45, 7) is 0. The lowest BCUT2D eigenvalue weighted by atomic mass is 9.99. The Balaban J connectivity index is 1.40. The van der Waals surface area contributed by atoms with E-state index in [0.29, 0.717) is 16.5 Å². The van der Waals surface area contributed by atoms with E-state index >= 15 is 0 Å². The highest BCUT2D eigenvalue weighted by atomic mass is 32.2. The minimum atomic E-state index is -0.456. The molecule has 3 heterocycles. The fourth-order valence-corrected chi connectivity index (χ4v) is 4.99. The summed E-state index contributed by atoms with van der Waals surface area (Å²) in [5.74, 6) is 0.000323. The van der Waals surface area contributed by atoms with Crippen LogP contribution in [0.25, 0.3) is 0 Å². The molecule has 0 saturated heterocycles. The van der Waals surface area contributed by atoms with Gasteiger partial charge in [0.15, 0.2) is 10.9 Å². The number of aromatic nitrogens is 3. The highest BCUT2D eigenvalue weighted by Gasteiger charge is 2.27. The maximum absolute atomic E-state index is 12.7. The second-order valence-corrected chi connectivity index (χ2v) is 8.93. The zero-order chi connectivity index (χ0) is 20.1. The molecule has 3 aromatic heterocycles. The molecule has 7 nitrogen and oxygen atoms in total. The first kappa shape index (κ1) is 19.5. The minimum Gasteiger partial charge on any atom is -0.305 e. The molecule has 29 heavy (non-hydrogen) atoms. The van der Waals surface area contributed by atoms with Crippen LogP contribution in [-0.4, -0.2) is 26.8 Å². The molecule has 1 aliphatic rings. The van der Waals surface area contributed by atoms with Gasteiger partial charge in [-0.2, -0.15) is 0 Å². The second-order valence-electron chi connectivity index (χ2n) is 6.58. The Morgan fingerprint density at radius 3 is 2.62 bits per heavy atom. The van der Waals surface area contributed by atoms with E-state index in [4.69, 9.17) is 0 Å². The van der Waals surface area contributed by atoms with Crippen molar-refractivity contribution in [1.29, 1.82) is 0 Å². The summed E-state index contributed by atoms with van der Waals surface area (Å²) >= 11 is 2.83. The number of rotatable bonds is 6. The van der Waals surface area contributed by atoms with Crippen molar-refractivity contribution in [2.45, 2.75) is 34.9 Å². The first-order valence-electron chi connectivity index (χ1n) is 9.31. The van der Waals surface area contributed by atoms with E-state index in [9.17, 15) is 9.59 Å². The molecule has 9 heteroatoms. The molecule has 0 atom stereocenters. The largest absolute Gasteiger partial charge is 0.325 e. The van der Waals surface area contributed by atoms with Gasteiger partial charge >= 0.3 is 6.03 Å². The quantitative estimate of drug-likeness (QED) is 0.533. The van der Waals surface area contributed by atoms with Gasteiger partial charge in [-0.05, 0) is 37.1 Å². The van der Waals surface area contributed by atoms with Crippen LogP contribution in [0.15, 0.2) is 58.2 Å². The number of urea groups is 1. The predicted octanol–water partition coefficient (Wildman–Crippen LogP) is 5.10. The van der Waals surface area contributed by atoms with E-state index in [1.807, 2.05) is 18.2 Å². The Bertz CT molecular complexity index is 1000. The van der Waals surface area contributed by atoms with Crippen molar-refractivity contribution in [3.63, 3.8) is 0 Å². The molecule has 0 aromatic carbocycles. The molecular formula is C20H19N5O2S2. The highest BCUT2D eigenvalue weighted by Crippen LogP contribution is 2.33. The monoisotopic (exact) mass is 425 g/mol. The maximum Gasteiger partial charge on any atom is 0.325 e. The fraction of sp³-hybridized carbons (Fsp3) is 0.250. The molecule has 0 radical (unpaired) electrons. The van der Waals surface area contributed by atoms with E-state index < -0.39 is 6.03 Å². The summed E-state index contributed by atoms with van der Waals surface area (Å²) in [4.78, 5) is 37.9. The smallest absolute Gasteiger partial charge is 0.305 e. The van der Waals surface area contributed by atoms with Gasteiger partial charge in [0.2, 0.25) is 0 Å². The second kappa shape index (κ2) is 9.15. The number of carbonyl (C=O) groups excluding carboxylic acids is 2. The molecule has 1 fully saturated rings. The SMILES string of the molecule is O=C(Nc1ncc(Sc2ccccn2)s1)Nc1cccnc1C(=O)C1CCCC1. The van der Waals surface area contributed by atoms with Gasteiger partial charge in [-0.15, -0.1) is 0 Å². The van der Waals surface area contributed by atoms with Crippen LogP contribution < -0.4 is 10.6 Å². The van der Waals surface area contributed by atoms with Crippen LogP contribution in [0.4, 0.5) is 15.6 Å². The van der Waals surface area contributed by atoms with E-state index in [0.717, 1.165) is 34.9 Å². The van der Waals surface area contributed by atoms with Gasteiger partial charge in [0.25, 0.3) is 0 Å².